The molecule has 0 aliphatic heterocycles. The van der Waals surface area contributed by atoms with E-state index in [0.29, 0.717) is 11.0 Å². The molecule has 62 valence electrons. The highest BCUT2D eigenvalue weighted by Crippen LogP contribution is 2.09. The summed E-state index contributed by atoms with van der Waals surface area (Å²) in [7, 11) is 2.53. The molecule has 0 fully saturated rings. The van der Waals surface area contributed by atoms with Gasteiger partial charge in [-0.25, -0.2) is 9.97 Å². The second kappa shape index (κ2) is 5.88. The van der Waals surface area contributed by atoms with Crippen molar-refractivity contribution in [1.29, 1.82) is 0 Å². The summed E-state index contributed by atoms with van der Waals surface area (Å²) in [5, 5.41) is 7.39. The Hall–Kier alpha value is -0.870. The third-order valence-electron chi connectivity index (χ3n) is 0.818. The van der Waals surface area contributed by atoms with Gasteiger partial charge in [0.25, 0.3) is 0 Å². The fraction of sp³-hybridized carbons (Fsp3) is 0.333. The lowest BCUT2D eigenvalue weighted by Gasteiger charge is -1.94. The Morgan fingerprint density at radius 3 is 2.45 bits per heavy atom. The van der Waals surface area contributed by atoms with Gasteiger partial charge in [0.05, 0.1) is 7.11 Å². The van der Waals surface area contributed by atoms with E-state index in [2.05, 4.69) is 9.97 Å². The summed E-state index contributed by atoms with van der Waals surface area (Å²) in [6.07, 6.45) is 1.35. The Kier molecular flexibility index (Phi) is 5.42. The molecule has 0 aromatic carbocycles. The molecule has 11 heavy (non-hydrogen) atoms. The zero-order valence-corrected chi connectivity index (χ0v) is 7.04. The molecule has 0 radical (unpaired) electrons. The Labute approximate surface area is 69.8 Å². The SMILES string of the molecule is CO.COc1cc(Cl)ncn1. The van der Waals surface area contributed by atoms with E-state index in [4.69, 9.17) is 21.4 Å². The molecule has 0 amide bonds. The normalized spacial score (nSPS) is 8.00. The van der Waals surface area contributed by atoms with Crippen LogP contribution < -0.4 is 4.74 Å². The van der Waals surface area contributed by atoms with Crippen molar-refractivity contribution >= 4 is 11.6 Å². The van der Waals surface area contributed by atoms with E-state index in [9.17, 15) is 0 Å². The molecule has 0 bridgehead atoms. The number of halogens is 1. The van der Waals surface area contributed by atoms with Crippen LogP contribution in [0.25, 0.3) is 0 Å². The highest BCUT2D eigenvalue weighted by Gasteiger charge is 1.91. The monoisotopic (exact) mass is 176 g/mol. The second-order valence-electron chi connectivity index (χ2n) is 1.38. The predicted octanol–water partition coefficient (Wildman–Crippen LogP) is 0.747. The molecule has 1 aromatic rings. The van der Waals surface area contributed by atoms with Crippen LogP contribution in [0.3, 0.4) is 0 Å². The standard InChI is InChI=1S/C5H5ClN2O.CH4O/c1-9-5-2-4(6)7-3-8-5;1-2/h2-3H,1H3;2H,1H3. The molecule has 1 aromatic heterocycles. The van der Waals surface area contributed by atoms with E-state index in [1.807, 2.05) is 0 Å². The third kappa shape index (κ3) is 3.75. The van der Waals surface area contributed by atoms with Crippen molar-refractivity contribution in [2.24, 2.45) is 0 Å². The van der Waals surface area contributed by atoms with E-state index in [-0.39, 0.29) is 0 Å². The Balaban J connectivity index is 0.000000461. The van der Waals surface area contributed by atoms with Crippen LogP contribution in [-0.4, -0.2) is 29.3 Å². The van der Waals surface area contributed by atoms with Gasteiger partial charge in [0.15, 0.2) is 0 Å². The maximum Gasteiger partial charge on any atom is 0.217 e. The number of aliphatic hydroxyl groups is 1. The highest BCUT2D eigenvalue weighted by atomic mass is 35.5. The number of hydrogen-bond donors (Lipinski definition) is 1. The lowest BCUT2D eigenvalue weighted by molar-refractivity contribution is 0.397. The molecule has 0 aliphatic carbocycles. The summed E-state index contributed by atoms with van der Waals surface area (Å²) >= 11 is 5.49. The largest absolute Gasteiger partial charge is 0.481 e. The molecule has 0 spiro atoms. The van der Waals surface area contributed by atoms with Crippen molar-refractivity contribution in [3.05, 3.63) is 17.5 Å². The highest BCUT2D eigenvalue weighted by molar-refractivity contribution is 6.29. The van der Waals surface area contributed by atoms with Crippen LogP contribution in [0.1, 0.15) is 0 Å². The van der Waals surface area contributed by atoms with E-state index < -0.39 is 0 Å². The summed E-state index contributed by atoms with van der Waals surface area (Å²) in [6, 6.07) is 1.54. The van der Waals surface area contributed by atoms with Crippen LogP contribution in [0.4, 0.5) is 0 Å². The van der Waals surface area contributed by atoms with Crippen LogP contribution in [0.15, 0.2) is 12.4 Å². The summed E-state index contributed by atoms with van der Waals surface area (Å²) in [5.41, 5.74) is 0. The Morgan fingerprint density at radius 1 is 1.45 bits per heavy atom. The minimum atomic E-state index is 0.391. The maximum absolute atomic E-state index is 7.00. The fourth-order valence-electron chi connectivity index (χ4n) is 0.429. The second-order valence-corrected chi connectivity index (χ2v) is 1.77. The van der Waals surface area contributed by atoms with Gasteiger partial charge in [-0.15, -0.1) is 0 Å². The van der Waals surface area contributed by atoms with Gasteiger partial charge in [0.2, 0.25) is 5.88 Å². The first-order chi connectivity index (χ1) is 5.33. The van der Waals surface area contributed by atoms with Crippen molar-refractivity contribution in [2.75, 3.05) is 14.2 Å². The first-order valence-electron chi connectivity index (χ1n) is 2.79. The van der Waals surface area contributed by atoms with E-state index >= 15 is 0 Å². The smallest absolute Gasteiger partial charge is 0.217 e. The summed E-state index contributed by atoms with van der Waals surface area (Å²) in [4.78, 5) is 7.40. The average molecular weight is 177 g/mol. The number of rotatable bonds is 1. The van der Waals surface area contributed by atoms with Crippen LogP contribution in [0.5, 0.6) is 5.88 Å². The van der Waals surface area contributed by atoms with Gasteiger partial charge in [-0.05, 0) is 0 Å². The molecule has 1 heterocycles. The third-order valence-corrected chi connectivity index (χ3v) is 1.02. The minimum Gasteiger partial charge on any atom is -0.481 e. The van der Waals surface area contributed by atoms with Gasteiger partial charge < -0.3 is 9.84 Å². The first kappa shape index (κ1) is 10.1. The van der Waals surface area contributed by atoms with Gasteiger partial charge in [-0.3, -0.25) is 0 Å². The summed E-state index contributed by atoms with van der Waals surface area (Å²) in [5.74, 6) is 0.481. The number of hydrogen-bond acceptors (Lipinski definition) is 4. The molecule has 1 rings (SSSR count). The number of aliphatic hydroxyl groups excluding tert-OH is 1. The lowest BCUT2D eigenvalue weighted by atomic mass is 10.6. The van der Waals surface area contributed by atoms with Gasteiger partial charge in [0.1, 0.15) is 11.5 Å². The topological polar surface area (TPSA) is 55.2 Å². The molecular weight excluding hydrogens is 168 g/mol. The Morgan fingerprint density at radius 2 is 2.09 bits per heavy atom. The first-order valence-corrected chi connectivity index (χ1v) is 3.17. The quantitative estimate of drug-likeness (QED) is 0.642. The van der Waals surface area contributed by atoms with Gasteiger partial charge in [-0.1, -0.05) is 11.6 Å². The number of ether oxygens (including phenoxy) is 1. The van der Waals surface area contributed by atoms with Crippen molar-refractivity contribution in [3.8, 4) is 5.88 Å². The molecule has 0 aliphatic rings. The summed E-state index contributed by atoms with van der Waals surface area (Å²) < 4.78 is 4.76. The molecule has 0 saturated carbocycles. The summed E-state index contributed by atoms with van der Waals surface area (Å²) in [6.45, 7) is 0. The van der Waals surface area contributed by atoms with Crippen molar-refractivity contribution in [3.63, 3.8) is 0 Å². The molecule has 0 saturated heterocycles. The average Bonchev–Trinajstić information content (AvgIpc) is 2.08. The van der Waals surface area contributed by atoms with Crippen molar-refractivity contribution < 1.29 is 9.84 Å². The van der Waals surface area contributed by atoms with Crippen LogP contribution >= 0.6 is 11.6 Å². The Bertz CT molecular complexity index is 208. The zero-order valence-electron chi connectivity index (χ0n) is 6.28. The molecule has 1 N–H and O–H groups in total. The van der Waals surface area contributed by atoms with Gasteiger partial charge in [0, 0.05) is 13.2 Å². The zero-order chi connectivity index (χ0) is 8.69. The number of nitrogens with zero attached hydrogens (tertiary/aromatic N) is 2. The van der Waals surface area contributed by atoms with E-state index in [1.165, 1.54) is 13.4 Å². The van der Waals surface area contributed by atoms with Gasteiger partial charge in [-0.2, -0.15) is 0 Å². The van der Waals surface area contributed by atoms with Crippen LogP contribution in [-0.2, 0) is 0 Å². The predicted molar refractivity (Wildman–Crippen MR) is 41.7 cm³/mol. The van der Waals surface area contributed by atoms with E-state index in [0.717, 1.165) is 7.11 Å². The van der Waals surface area contributed by atoms with Crippen LogP contribution in [0, 0.1) is 0 Å². The number of aromatic nitrogens is 2. The van der Waals surface area contributed by atoms with Crippen molar-refractivity contribution in [2.45, 2.75) is 0 Å². The lowest BCUT2D eigenvalue weighted by Crippen LogP contribution is -1.86. The van der Waals surface area contributed by atoms with Gasteiger partial charge >= 0.3 is 0 Å². The molecule has 0 atom stereocenters. The molecule has 5 heteroatoms. The minimum absolute atomic E-state index is 0.391. The fourth-order valence-corrected chi connectivity index (χ4v) is 0.566. The number of methoxy groups -OCH3 is 1. The van der Waals surface area contributed by atoms with Crippen molar-refractivity contribution in [1.82, 2.24) is 9.97 Å². The van der Waals surface area contributed by atoms with E-state index in [1.54, 1.807) is 6.07 Å². The molecule has 0 unspecified atom stereocenters. The molecule has 4 nitrogen and oxygen atoms in total. The molecular formula is C6H9ClN2O2. The van der Waals surface area contributed by atoms with Crippen LogP contribution in [0.2, 0.25) is 5.15 Å². The maximum atomic E-state index is 7.00.